The highest BCUT2D eigenvalue weighted by Crippen LogP contribution is 2.13. The van der Waals surface area contributed by atoms with Crippen LogP contribution in [0.4, 0.5) is 4.79 Å². The molecule has 2 rings (SSSR count). The highest BCUT2D eigenvalue weighted by Gasteiger charge is 2.41. The normalized spacial score (nSPS) is 14.8. The fraction of sp³-hybridized carbons (Fsp3) is 0.231. The Labute approximate surface area is 126 Å². The molecule has 0 saturated carbocycles. The van der Waals surface area contributed by atoms with Gasteiger partial charge in [0.15, 0.2) is 0 Å². The average Bonchev–Trinajstić information content (AvgIpc) is 2.65. The first-order chi connectivity index (χ1) is 9.91. The van der Waals surface area contributed by atoms with E-state index >= 15 is 0 Å². The number of benzene rings is 1. The zero-order valence-electron chi connectivity index (χ0n) is 11.2. The summed E-state index contributed by atoms with van der Waals surface area (Å²) in [5.74, 6) is -1.12. The Morgan fingerprint density at radius 3 is 2.29 bits per heavy atom. The van der Waals surface area contributed by atoms with Crippen molar-refractivity contribution in [3.8, 4) is 5.75 Å². The molecule has 1 aromatic carbocycles. The molecule has 1 aliphatic heterocycles. The Morgan fingerprint density at radius 2 is 1.81 bits per heavy atom. The van der Waals surface area contributed by atoms with Crippen LogP contribution in [-0.4, -0.2) is 52.8 Å². The molecule has 8 heteroatoms. The van der Waals surface area contributed by atoms with Gasteiger partial charge in [-0.05, 0) is 24.3 Å². The molecule has 0 spiro atoms. The van der Waals surface area contributed by atoms with Gasteiger partial charge in [-0.3, -0.25) is 19.4 Å². The Kier molecular flexibility index (Phi) is 4.18. The van der Waals surface area contributed by atoms with E-state index in [1.54, 1.807) is 24.3 Å². The highest BCUT2D eigenvalue weighted by atomic mass is 32.1. The summed E-state index contributed by atoms with van der Waals surface area (Å²) in [6.45, 7) is 0.0931. The van der Waals surface area contributed by atoms with Crippen LogP contribution in [0, 0.1) is 0 Å². The Hall–Kier alpha value is -2.48. The molecule has 21 heavy (non-hydrogen) atoms. The van der Waals surface area contributed by atoms with E-state index in [0.717, 1.165) is 15.4 Å². The van der Waals surface area contributed by atoms with Crippen LogP contribution >= 0.6 is 12.2 Å². The molecule has 110 valence electrons. The van der Waals surface area contributed by atoms with Gasteiger partial charge >= 0.3 is 17.8 Å². The van der Waals surface area contributed by atoms with Crippen molar-refractivity contribution >= 4 is 35.1 Å². The molecule has 2 N–H and O–H groups in total. The summed E-state index contributed by atoms with van der Waals surface area (Å²) < 4.78 is 5.41. The predicted octanol–water partition coefficient (Wildman–Crippen LogP) is 0.120. The largest absolute Gasteiger partial charge is 0.492 e. The van der Waals surface area contributed by atoms with Gasteiger partial charge in [-0.15, -0.1) is 0 Å². The second-order valence-corrected chi connectivity index (χ2v) is 4.78. The lowest BCUT2D eigenvalue weighted by Crippen LogP contribution is -2.35. The SMILES string of the molecule is CN1C(=O)C(=O)N(CCOc2ccc(C(N)=S)cc2)C1=O. The number of ether oxygens (including phenoxy) is 1. The average molecular weight is 307 g/mol. The summed E-state index contributed by atoms with van der Waals surface area (Å²) in [5, 5.41) is 0. The number of urea groups is 1. The van der Waals surface area contributed by atoms with Crippen molar-refractivity contribution in [2.45, 2.75) is 0 Å². The fourth-order valence-corrected chi connectivity index (χ4v) is 1.92. The number of nitrogens with zero attached hydrogens (tertiary/aromatic N) is 2. The van der Waals surface area contributed by atoms with E-state index in [1.165, 1.54) is 7.05 Å². The van der Waals surface area contributed by atoms with Crippen LogP contribution < -0.4 is 10.5 Å². The van der Waals surface area contributed by atoms with E-state index in [0.29, 0.717) is 5.75 Å². The molecule has 0 atom stereocenters. The van der Waals surface area contributed by atoms with Gasteiger partial charge in [0, 0.05) is 12.6 Å². The van der Waals surface area contributed by atoms with Crippen molar-refractivity contribution in [3.05, 3.63) is 29.8 Å². The number of thiocarbonyl (C=S) groups is 1. The summed E-state index contributed by atoms with van der Waals surface area (Å²) in [5.41, 5.74) is 6.19. The predicted molar refractivity (Wildman–Crippen MR) is 77.7 cm³/mol. The van der Waals surface area contributed by atoms with E-state index in [9.17, 15) is 14.4 Å². The smallest absolute Gasteiger partial charge is 0.334 e. The first kappa shape index (κ1) is 14.9. The molecular formula is C13H13N3O4S. The van der Waals surface area contributed by atoms with E-state index < -0.39 is 17.8 Å². The number of hydrogen-bond acceptors (Lipinski definition) is 5. The van der Waals surface area contributed by atoms with E-state index in [1.807, 2.05) is 0 Å². The molecule has 0 bridgehead atoms. The lowest BCUT2D eigenvalue weighted by molar-refractivity contribution is -0.142. The Morgan fingerprint density at radius 1 is 1.19 bits per heavy atom. The topological polar surface area (TPSA) is 92.9 Å². The summed E-state index contributed by atoms with van der Waals surface area (Å²) >= 11 is 4.83. The summed E-state index contributed by atoms with van der Waals surface area (Å²) in [6.07, 6.45) is 0. The van der Waals surface area contributed by atoms with Gasteiger partial charge in [0.25, 0.3) is 0 Å². The van der Waals surface area contributed by atoms with Crippen molar-refractivity contribution in [3.63, 3.8) is 0 Å². The Balaban J connectivity index is 1.90. The summed E-state index contributed by atoms with van der Waals surface area (Å²) in [7, 11) is 1.26. The van der Waals surface area contributed by atoms with Crippen LogP contribution in [-0.2, 0) is 9.59 Å². The minimum atomic E-state index is -0.838. The molecule has 0 aromatic heterocycles. The van der Waals surface area contributed by atoms with Gasteiger partial charge < -0.3 is 10.5 Å². The van der Waals surface area contributed by atoms with Crippen LogP contribution in [0.15, 0.2) is 24.3 Å². The fourth-order valence-electron chi connectivity index (χ4n) is 1.78. The zero-order chi connectivity index (χ0) is 15.6. The second kappa shape index (κ2) is 5.88. The number of nitrogens with two attached hydrogens (primary N) is 1. The number of carbonyl (C=O) groups excluding carboxylic acids is 3. The highest BCUT2D eigenvalue weighted by molar-refractivity contribution is 7.80. The molecule has 1 heterocycles. The number of carbonyl (C=O) groups is 3. The van der Waals surface area contributed by atoms with Crippen molar-refractivity contribution < 1.29 is 19.1 Å². The lowest BCUT2D eigenvalue weighted by Gasteiger charge is -2.13. The summed E-state index contributed by atoms with van der Waals surface area (Å²) in [6, 6.07) is 6.14. The number of rotatable bonds is 5. The quantitative estimate of drug-likeness (QED) is 0.472. The molecule has 1 aromatic rings. The van der Waals surface area contributed by atoms with Gasteiger partial charge in [-0.2, -0.15) is 0 Å². The number of hydrogen-bond donors (Lipinski definition) is 1. The molecule has 1 fully saturated rings. The van der Waals surface area contributed by atoms with E-state index in [2.05, 4.69) is 0 Å². The van der Waals surface area contributed by atoms with Crippen LogP contribution in [0.25, 0.3) is 0 Å². The van der Waals surface area contributed by atoms with Gasteiger partial charge in [0.1, 0.15) is 17.3 Å². The van der Waals surface area contributed by atoms with Crippen molar-refractivity contribution in [2.75, 3.05) is 20.2 Å². The first-order valence-corrected chi connectivity index (χ1v) is 6.49. The van der Waals surface area contributed by atoms with E-state index in [-0.39, 0.29) is 18.1 Å². The van der Waals surface area contributed by atoms with Crippen LogP contribution in [0.1, 0.15) is 5.56 Å². The maximum absolute atomic E-state index is 11.6. The van der Waals surface area contributed by atoms with Crippen molar-refractivity contribution in [2.24, 2.45) is 5.73 Å². The van der Waals surface area contributed by atoms with Crippen LogP contribution in [0.5, 0.6) is 5.75 Å². The molecule has 0 unspecified atom stereocenters. The standard InChI is InChI=1S/C13H13N3O4S/c1-15-11(17)12(18)16(13(15)19)6-7-20-9-4-2-8(3-5-9)10(14)21/h2-5H,6-7H2,1H3,(H2,14,21). The van der Waals surface area contributed by atoms with E-state index in [4.69, 9.17) is 22.7 Å². The maximum Gasteiger partial charge on any atom is 0.334 e. The van der Waals surface area contributed by atoms with Gasteiger partial charge in [-0.25, -0.2) is 4.79 Å². The summed E-state index contributed by atoms with van der Waals surface area (Å²) in [4.78, 5) is 36.4. The third-order valence-corrected chi connectivity index (χ3v) is 3.21. The molecule has 0 radical (unpaired) electrons. The third kappa shape index (κ3) is 3.00. The van der Waals surface area contributed by atoms with Crippen molar-refractivity contribution in [1.29, 1.82) is 0 Å². The second-order valence-electron chi connectivity index (χ2n) is 4.34. The van der Waals surface area contributed by atoms with Crippen molar-refractivity contribution in [1.82, 2.24) is 9.80 Å². The van der Waals surface area contributed by atoms with Gasteiger partial charge in [0.2, 0.25) is 0 Å². The van der Waals surface area contributed by atoms with Gasteiger partial charge in [0.05, 0.1) is 6.54 Å². The van der Waals surface area contributed by atoms with Crippen LogP contribution in [0.2, 0.25) is 0 Å². The minimum absolute atomic E-state index is 0.00476. The number of likely N-dealkylation sites (N-methyl/N-ethyl adjacent to an activating group) is 1. The molecule has 1 saturated heterocycles. The first-order valence-electron chi connectivity index (χ1n) is 6.08. The molecular weight excluding hydrogens is 294 g/mol. The molecule has 1 aliphatic rings. The Bertz CT molecular complexity index is 614. The zero-order valence-corrected chi connectivity index (χ0v) is 12.1. The molecule has 0 aliphatic carbocycles. The number of amides is 4. The monoisotopic (exact) mass is 307 g/mol. The number of imide groups is 2. The maximum atomic E-state index is 11.6. The molecule has 7 nitrogen and oxygen atoms in total. The van der Waals surface area contributed by atoms with Crippen LogP contribution in [0.3, 0.4) is 0 Å². The lowest BCUT2D eigenvalue weighted by atomic mass is 10.2. The molecule has 4 amide bonds. The van der Waals surface area contributed by atoms with Gasteiger partial charge in [-0.1, -0.05) is 12.2 Å². The third-order valence-electron chi connectivity index (χ3n) is 2.97. The minimum Gasteiger partial charge on any atom is -0.492 e.